The largest absolute Gasteiger partial charge is 0.394 e. The van der Waals surface area contributed by atoms with E-state index in [0.29, 0.717) is 24.2 Å². The van der Waals surface area contributed by atoms with Crippen LogP contribution in [0.2, 0.25) is 0 Å². The second-order valence-electron chi connectivity index (χ2n) is 7.50. The molecule has 2 N–H and O–H groups in total. The number of carbonyl (C=O) groups is 4. The molecule has 0 unspecified atom stereocenters. The van der Waals surface area contributed by atoms with Gasteiger partial charge in [-0.25, -0.2) is 0 Å². The molecule has 1 atom stereocenters. The van der Waals surface area contributed by atoms with Gasteiger partial charge in [0, 0.05) is 40.9 Å². The predicted octanol–water partition coefficient (Wildman–Crippen LogP) is 2.20. The normalized spacial score (nSPS) is 13.3. The first kappa shape index (κ1) is 22.4. The van der Waals surface area contributed by atoms with Crippen LogP contribution in [0, 0.1) is 0 Å². The highest BCUT2D eigenvalue weighted by atomic mass is 16.3. The third-order valence-corrected chi connectivity index (χ3v) is 5.27. The second-order valence-corrected chi connectivity index (χ2v) is 7.50. The minimum Gasteiger partial charge on any atom is -0.394 e. The summed E-state index contributed by atoms with van der Waals surface area (Å²) in [6, 6.07) is 9.76. The summed E-state index contributed by atoms with van der Waals surface area (Å²) < 4.78 is 0. The van der Waals surface area contributed by atoms with Crippen LogP contribution in [0.25, 0.3) is 0 Å². The minimum absolute atomic E-state index is 0.142. The number of ketones is 2. The van der Waals surface area contributed by atoms with E-state index in [1.807, 2.05) is 13.8 Å². The topological polar surface area (TPSA) is 104 Å². The molecule has 31 heavy (non-hydrogen) atoms. The number of nitrogens with zero attached hydrogens (tertiary/aromatic N) is 1. The number of aliphatic hydroxyl groups is 1. The lowest BCUT2D eigenvalue weighted by Crippen LogP contribution is -2.51. The average molecular weight is 422 g/mol. The first-order valence-corrected chi connectivity index (χ1v) is 10.5. The van der Waals surface area contributed by atoms with Gasteiger partial charge in [0.15, 0.2) is 11.6 Å². The number of aliphatic hydroxyl groups excluding tert-OH is 1. The summed E-state index contributed by atoms with van der Waals surface area (Å²) in [7, 11) is 0. The van der Waals surface area contributed by atoms with E-state index in [4.69, 9.17) is 0 Å². The van der Waals surface area contributed by atoms with Crippen LogP contribution in [0.1, 0.15) is 68.9 Å². The number of carbonyl (C=O) groups excluding carboxylic acids is 4. The van der Waals surface area contributed by atoms with E-state index in [0.717, 1.165) is 12.8 Å². The summed E-state index contributed by atoms with van der Waals surface area (Å²) in [5.74, 6) is -1.54. The van der Waals surface area contributed by atoms with Crippen molar-refractivity contribution in [2.24, 2.45) is 0 Å². The lowest BCUT2D eigenvalue weighted by atomic mass is 9.83. The molecule has 162 valence electrons. The molecule has 2 amide bonds. The number of benzene rings is 2. The van der Waals surface area contributed by atoms with E-state index in [1.165, 1.54) is 18.2 Å². The quantitative estimate of drug-likeness (QED) is 0.579. The monoisotopic (exact) mass is 422 g/mol. The van der Waals surface area contributed by atoms with Crippen molar-refractivity contribution in [1.29, 1.82) is 0 Å². The Morgan fingerprint density at radius 3 is 2.00 bits per heavy atom. The van der Waals surface area contributed by atoms with E-state index >= 15 is 0 Å². The van der Waals surface area contributed by atoms with Gasteiger partial charge >= 0.3 is 0 Å². The Kier molecular flexibility index (Phi) is 6.97. The molecule has 0 spiro atoms. The molecule has 0 radical (unpaired) electrons. The van der Waals surface area contributed by atoms with Crippen molar-refractivity contribution in [2.75, 3.05) is 19.7 Å². The maximum atomic E-state index is 12.9. The molecule has 0 heterocycles. The molecule has 0 fully saturated rings. The Morgan fingerprint density at radius 2 is 1.45 bits per heavy atom. The third-order valence-electron chi connectivity index (χ3n) is 5.27. The fourth-order valence-electron chi connectivity index (χ4n) is 3.76. The molecule has 7 nitrogen and oxygen atoms in total. The highest BCUT2D eigenvalue weighted by Crippen LogP contribution is 2.27. The van der Waals surface area contributed by atoms with Crippen LogP contribution in [0.3, 0.4) is 0 Å². The summed E-state index contributed by atoms with van der Waals surface area (Å²) >= 11 is 0. The molecule has 0 aromatic heterocycles. The molecule has 0 saturated heterocycles. The maximum Gasteiger partial charge on any atom is 0.252 e. The zero-order valence-corrected chi connectivity index (χ0v) is 17.7. The SMILES string of the molecule is CCCN(CCC)C(=O)[C@H](CO)NC(=O)c1ccc2c(c1)C(=O)c1ccccc1C2=O. The van der Waals surface area contributed by atoms with Gasteiger partial charge in [-0.3, -0.25) is 19.2 Å². The number of rotatable bonds is 8. The van der Waals surface area contributed by atoms with Crippen molar-refractivity contribution in [3.05, 3.63) is 70.3 Å². The maximum absolute atomic E-state index is 12.9. The molecule has 0 aliphatic heterocycles. The predicted molar refractivity (Wildman–Crippen MR) is 115 cm³/mol. The number of fused-ring (bicyclic) bond motifs is 2. The average Bonchev–Trinajstić information content (AvgIpc) is 2.80. The van der Waals surface area contributed by atoms with E-state index in [1.54, 1.807) is 29.2 Å². The number of amides is 2. The second kappa shape index (κ2) is 9.66. The van der Waals surface area contributed by atoms with Gasteiger partial charge in [-0.15, -0.1) is 0 Å². The first-order chi connectivity index (χ1) is 14.9. The number of hydrogen-bond donors (Lipinski definition) is 2. The van der Waals surface area contributed by atoms with Crippen molar-refractivity contribution in [2.45, 2.75) is 32.7 Å². The summed E-state index contributed by atoms with van der Waals surface area (Å²) in [5.41, 5.74) is 1.18. The van der Waals surface area contributed by atoms with Gasteiger partial charge in [-0.1, -0.05) is 38.1 Å². The van der Waals surface area contributed by atoms with Crippen molar-refractivity contribution < 1.29 is 24.3 Å². The van der Waals surface area contributed by atoms with Crippen molar-refractivity contribution >= 4 is 23.4 Å². The molecule has 2 aromatic carbocycles. The van der Waals surface area contributed by atoms with Gasteiger partial charge in [0.2, 0.25) is 5.91 Å². The zero-order valence-electron chi connectivity index (χ0n) is 17.7. The van der Waals surface area contributed by atoms with Crippen molar-refractivity contribution in [3.63, 3.8) is 0 Å². The fraction of sp³-hybridized carbons (Fsp3) is 0.333. The Hall–Kier alpha value is -3.32. The van der Waals surface area contributed by atoms with Gasteiger partial charge in [0.25, 0.3) is 5.91 Å². The molecule has 0 saturated carbocycles. The van der Waals surface area contributed by atoms with Gasteiger partial charge in [-0.2, -0.15) is 0 Å². The Morgan fingerprint density at radius 1 is 0.903 bits per heavy atom. The van der Waals surface area contributed by atoms with Gasteiger partial charge in [-0.05, 0) is 31.0 Å². The smallest absolute Gasteiger partial charge is 0.252 e. The van der Waals surface area contributed by atoms with E-state index < -0.39 is 18.6 Å². The van der Waals surface area contributed by atoms with Crippen molar-refractivity contribution in [1.82, 2.24) is 10.2 Å². The highest BCUT2D eigenvalue weighted by Gasteiger charge is 2.31. The molecule has 0 bridgehead atoms. The molecular weight excluding hydrogens is 396 g/mol. The van der Waals surface area contributed by atoms with E-state index in [2.05, 4.69) is 5.32 Å². The van der Waals surface area contributed by atoms with Crippen LogP contribution in [0.4, 0.5) is 0 Å². The highest BCUT2D eigenvalue weighted by molar-refractivity contribution is 6.28. The van der Waals surface area contributed by atoms with Crippen LogP contribution in [0.5, 0.6) is 0 Å². The van der Waals surface area contributed by atoms with E-state index in [9.17, 15) is 24.3 Å². The number of nitrogens with one attached hydrogen (secondary N) is 1. The molecule has 1 aliphatic rings. The molecule has 1 aliphatic carbocycles. The van der Waals surface area contributed by atoms with E-state index in [-0.39, 0.29) is 34.2 Å². The molecule has 3 rings (SSSR count). The van der Waals surface area contributed by atoms with Crippen LogP contribution in [0.15, 0.2) is 42.5 Å². The molecular formula is C24H26N2O5. The fourth-order valence-corrected chi connectivity index (χ4v) is 3.76. The van der Waals surface area contributed by atoms with Crippen LogP contribution in [-0.2, 0) is 4.79 Å². The molecule has 7 heteroatoms. The Bertz CT molecular complexity index is 1020. The van der Waals surface area contributed by atoms with Crippen LogP contribution in [-0.4, -0.2) is 59.1 Å². The minimum atomic E-state index is -1.08. The lowest BCUT2D eigenvalue weighted by Gasteiger charge is -2.26. The number of hydrogen-bond acceptors (Lipinski definition) is 5. The summed E-state index contributed by atoms with van der Waals surface area (Å²) in [5, 5.41) is 12.3. The lowest BCUT2D eigenvalue weighted by molar-refractivity contribution is -0.134. The van der Waals surface area contributed by atoms with Crippen LogP contribution >= 0.6 is 0 Å². The van der Waals surface area contributed by atoms with Gasteiger partial charge in [0.1, 0.15) is 6.04 Å². The molecule has 2 aromatic rings. The summed E-state index contributed by atoms with van der Waals surface area (Å²) in [6.45, 7) is 4.43. The Balaban J connectivity index is 1.84. The van der Waals surface area contributed by atoms with Crippen LogP contribution < -0.4 is 5.32 Å². The van der Waals surface area contributed by atoms with Gasteiger partial charge < -0.3 is 15.3 Å². The Labute approximate surface area is 181 Å². The first-order valence-electron chi connectivity index (χ1n) is 10.5. The van der Waals surface area contributed by atoms with Gasteiger partial charge in [0.05, 0.1) is 6.61 Å². The third kappa shape index (κ3) is 4.41. The summed E-state index contributed by atoms with van der Waals surface area (Å²) in [6.07, 6.45) is 1.53. The summed E-state index contributed by atoms with van der Waals surface area (Å²) in [4.78, 5) is 52.7. The standard InChI is InChI=1S/C24H26N2O5/c1-3-11-26(12-4-2)24(31)20(14-27)25-23(30)15-9-10-18-19(13-15)22(29)17-8-6-5-7-16(17)21(18)28/h5-10,13,20,27H,3-4,11-12,14H2,1-2H3,(H,25,30)/t20-/m0/s1. The zero-order chi connectivity index (χ0) is 22.5. The van der Waals surface area contributed by atoms with Crippen molar-refractivity contribution in [3.8, 4) is 0 Å².